The standard InChI is InChI=1S/C13H26N2O2/c1-4-6-12(13(16)17)15(10(2)3)9-11-7-5-8-14-11/h10-12,14H,4-9H2,1-3H3,(H,16,17). The van der Waals surface area contributed by atoms with Crippen molar-refractivity contribution < 1.29 is 9.90 Å². The first kappa shape index (κ1) is 14.5. The van der Waals surface area contributed by atoms with E-state index in [9.17, 15) is 9.90 Å². The molecule has 0 spiro atoms. The van der Waals surface area contributed by atoms with Crippen LogP contribution in [-0.4, -0.2) is 47.2 Å². The van der Waals surface area contributed by atoms with E-state index in [2.05, 4.69) is 24.1 Å². The average Bonchev–Trinajstić information content (AvgIpc) is 2.75. The van der Waals surface area contributed by atoms with E-state index >= 15 is 0 Å². The number of nitrogens with zero attached hydrogens (tertiary/aromatic N) is 1. The summed E-state index contributed by atoms with van der Waals surface area (Å²) in [6, 6.07) is 0.420. The third kappa shape index (κ3) is 4.28. The van der Waals surface area contributed by atoms with Gasteiger partial charge >= 0.3 is 5.97 Å². The van der Waals surface area contributed by atoms with E-state index in [1.165, 1.54) is 12.8 Å². The highest BCUT2D eigenvalue weighted by Crippen LogP contribution is 2.15. The smallest absolute Gasteiger partial charge is 0.320 e. The van der Waals surface area contributed by atoms with Crippen LogP contribution in [-0.2, 0) is 4.79 Å². The van der Waals surface area contributed by atoms with Gasteiger partial charge in [-0.15, -0.1) is 0 Å². The molecule has 2 unspecified atom stereocenters. The van der Waals surface area contributed by atoms with Crippen molar-refractivity contribution in [2.45, 2.75) is 64.6 Å². The second-order valence-corrected chi connectivity index (χ2v) is 5.23. The van der Waals surface area contributed by atoms with E-state index in [0.29, 0.717) is 6.04 Å². The number of hydrogen-bond donors (Lipinski definition) is 2. The van der Waals surface area contributed by atoms with Gasteiger partial charge in [-0.05, 0) is 39.7 Å². The van der Waals surface area contributed by atoms with Crippen molar-refractivity contribution in [3.05, 3.63) is 0 Å². The monoisotopic (exact) mass is 242 g/mol. The van der Waals surface area contributed by atoms with Crippen LogP contribution in [0, 0.1) is 0 Å². The van der Waals surface area contributed by atoms with Gasteiger partial charge in [-0.3, -0.25) is 9.69 Å². The average molecular weight is 242 g/mol. The van der Waals surface area contributed by atoms with Gasteiger partial charge in [0.25, 0.3) is 0 Å². The summed E-state index contributed by atoms with van der Waals surface area (Å²) in [5, 5.41) is 12.8. The van der Waals surface area contributed by atoms with Crippen LogP contribution in [0.15, 0.2) is 0 Å². The van der Waals surface area contributed by atoms with Crippen molar-refractivity contribution in [1.29, 1.82) is 0 Å². The third-order valence-corrected chi connectivity index (χ3v) is 3.50. The minimum Gasteiger partial charge on any atom is -0.480 e. The van der Waals surface area contributed by atoms with E-state index in [1.54, 1.807) is 0 Å². The molecule has 2 N–H and O–H groups in total. The number of rotatable bonds is 7. The quantitative estimate of drug-likeness (QED) is 0.713. The predicted molar refractivity (Wildman–Crippen MR) is 69.2 cm³/mol. The zero-order valence-corrected chi connectivity index (χ0v) is 11.3. The Kier molecular flexibility index (Phi) is 5.92. The number of carboxylic acids is 1. The van der Waals surface area contributed by atoms with Crippen molar-refractivity contribution in [2.75, 3.05) is 13.1 Å². The largest absolute Gasteiger partial charge is 0.480 e. The van der Waals surface area contributed by atoms with Gasteiger partial charge in [0.15, 0.2) is 0 Å². The molecular weight excluding hydrogens is 216 g/mol. The maximum Gasteiger partial charge on any atom is 0.320 e. The first-order chi connectivity index (χ1) is 8.06. The molecule has 0 aromatic rings. The summed E-state index contributed by atoms with van der Waals surface area (Å²) in [5.41, 5.74) is 0. The summed E-state index contributed by atoms with van der Waals surface area (Å²) in [5.74, 6) is -0.682. The van der Waals surface area contributed by atoms with E-state index in [4.69, 9.17) is 0 Å². The van der Waals surface area contributed by atoms with Crippen molar-refractivity contribution in [3.63, 3.8) is 0 Å². The van der Waals surface area contributed by atoms with Gasteiger partial charge < -0.3 is 10.4 Å². The molecule has 1 aliphatic rings. The molecule has 1 saturated heterocycles. The lowest BCUT2D eigenvalue weighted by Crippen LogP contribution is -2.50. The highest BCUT2D eigenvalue weighted by atomic mass is 16.4. The summed E-state index contributed by atoms with van der Waals surface area (Å²) in [6.07, 6.45) is 4.03. The topological polar surface area (TPSA) is 52.6 Å². The second-order valence-electron chi connectivity index (χ2n) is 5.23. The molecule has 1 rings (SSSR count). The van der Waals surface area contributed by atoms with Gasteiger partial charge in [0.05, 0.1) is 0 Å². The molecule has 1 heterocycles. The first-order valence-corrected chi connectivity index (χ1v) is 6.78. The summed E-state index contributed by atoms with van der Waals surface area (Å²) >= 11 is 0. The van der Waals surface area contributed by atoms with Crippen LogP contribution in [0.5, 0.6) is 0 Å². The minimum absolute atomic E-state index is 0.282. The number of aliphatic carboxylic acids is 1. The number of hydrogen-bond acceptors (Lipinski definition) is 3. The molecule has 0 bridgehead atoms. The maximum atomic E-state index is 11.3. The molecular formula is C13H26N2O2. The van der Waals surface area contributed by atoms with Gasteiger partial charge in [0, 0.05) is 18.6 Å². The molecule has 0 saturated carbocycles. The maximum absolute atomic E-state index is 11.3. The third-order valence-electron chi connectivity index (χ3n) is 3.50. The van der Waals surface area contributed by atoms with Gasteiger partial charge in [-0.1, -0.05) is 13.3 Å². The van der Waals surface area contributed by atoms with Crippen LogP contribution in [0.1, 0.15) is 46.5 Å². The van der Waals surface area contributed by atoms with Gasteiger partial charge in [0.1, 0.15) is 6.04 Å². The SMILES string of the molecule is CCCC(C(=O)O)N(CC1CCCN1)C(C)C. The van der Waals surface area contributed by atoms with E-state index in [-0.39, 0.29) is 12.1 Å². The molecule has 2 atom stereocenters. The normalized spacial score (nSPS) is 22.3. The number of carboxylic acid groups (broad SMARTS) is 1. The van der Waals surface area contributed by atoms with Gasteiger partial charge in [-0.2, -0.15) is 0 Å². The fraction of sp³-hybridized carbons (Fsp3) is 0.923. The Bertz CT molecular complexity index is 238. The zero-order valence-electron chi connectivity index (χ0n) is 11.3. The van der Waals surface area contributed by atoms with Crippen LogP contribution in [0.4, 0.5) is 0 Å². The van der Waals surface area contributed by atoms with E-state index in [0.717, 1.165) is 25.9 Å². The summed E-state index contributed by atoms with van der Waals surface area (Å²) in [4.78, 5) is 13.5. The van der Waals surface area contributed by atoms with E-state index < -0.39 is 5.97 Å². The van der Waals surface area contributed by atoms with Crippen molar-refractivity contribution >= 4 is 5.97 Å². The Morgan fingerprint density at radius 1 is 1.53 bits per heavy atom. The molecule has 1 aliphatic heterocycles. The minimum atomic E-state index is -0.682. The van der Waals surface area contributed by atoms with Crippen LogP contribution < -0.4 is 5.32 Å². The number of nitrogens with one attached hydrogen (secondary N) is 1. The summed E-state index contributed by atoms with van der Waals surface area (Å²) in [7, 11) is 0. The Hall–Kier alpha value is -0.610. The van der Waals surface area contributed by atoms with Gasteiger partial charge in [0.2, 0.25) is 0 Å². The lowest BCUT2D eigenvalue weighted by atomic mass is 10.1. The van der Waals surface area contributed by atoms with Crippen molar-refractivity contribution in [2.24, 2.45) is 0 Å². The fourth-order valence-electron chi connectivity index (χ4n) is 2.57. The molecule has 100 valence electrons. The molecule has 0 aliphatic carbocycles. The number of carbonyl (C=O) groups is 1. The molecule has 0 aromatic carbocycles. The predicted octanol–water partition coefficient (Wildman–Crippen LogP) is 1.70. The fourth-order valence-corrected chi connectivity index (χ4v) is 2.57. The molecule has 4 heteroatoms. The van der Waals surface area contributed by atoms with Crippen LogP contribution in [0.2, 0.25) is 0 Å². The highest BCUT2D eigenvalue weighted by Gasteiger charge is 2.29. The Morgan fingerprint density at radius 2 is 2.24 bits per heavy atom. The molecule has 0 amide bonds. The van der Waals surface area contributed by atoms with E-state index in [1.807, 2.05) is 6.92 Å². The van der Waals surface area contributed by atoms with Gasteiger partial charge in [-0.25, -0.2) is 0 Å². The lowest BCUT2D eigenvalue weighted by molar-refractivity contribution is -0.144. The molecule has 0 radical (unpaired) electrons. The van der Waals surface area contributed by atoms with Crippen molar-refractivity contribution in [1.82, 2.24) is 10.2 Å². The summed E-state index contributed by atoms with van der Waals surface area (Å²) < 4.78 is 0. The zero-order chi connectivity index (χ0) is 12.8. The van der Waals surface area contributed by atoms with Crippen molar-refractivity contribution in [3.8, 4) is 0 Å². The summed E-state index contributed by atoms with van der Waals surface area (Å²) in [6.45, 7) is 8.14. The first-order valence-electron chi connectivity index (χ1n) is 6.78. The van der Waals surface area contributed by atoms with Crippen LogP contribution in [0.25, 0.3) is 0 Å². The lowest BCUT2D eigenvalue weighted by Gasteiger charge is -2.34. The Balaban J connectivity index is 2.63. The highest BCUT2D eigenvalue weighted by molar-refractivity contribution is 5.73. The Morgan fingerprint density at radius 3 is 2.65 bits per heavy atom. The second kappa shape index (κ2) is 6.97. The van der Waals surface area contributed by atoms with Crippen LogP contribution >= 0.6 is 0 Å². The molecule has 4 nitrogen and oxygen atoms in total. The molecule has 17 heavy (non-hydrogen) atoms. The Labute approximate surface area is 104 Å². The van der Waals surface area contributed by atoms with Crippen LogP contribution in [0.3, 0.4) is 0 Å². The molecule has 0 aromatic heterocycles. The molecule has 1 fully saturated rings.